The summed E-state index contributed by atoms with van der Waals surface area (Å²) < 4.78 is 41.2. The molecule has 0 aromatic rings. The molecule has 0 radical (unpaired) electrons. The third-order valence-corrected chi connectivity index (χ3v) is 10.3. The van der Waals surface area contributed by atoms with Crippen LogP contribution in [0.25, 0.3) is 0 Å². The van der Waals surface area contributed by atoms with Crippen molar-refractivity contribution in [3.63, 3.8) is 0 Å². The molecule has 4 heterocycles. The molecular weight excluding hydrogens is 772 g/mol. The number of nitrogens with zero attached hydrogens (tertiary/aromatic N) is 1. The van der Waals surface area contributed by atoms with Crippen LogP contribution in [0.3, 0.4) is 0 Å². The van der Waals surface area contributed by atoms with Crippen molar-refractivity contribution in [3.05, 3.63) is 0 Å². The van der Waals surface area contributed by atoms with Crippen molar-refractivity contribution in [2.24, 2.45) is 0 Å². The molecule has 4 rings (SSSR count). The van der Waals surface area contributed by atoms with Crippen molar-refractivity contribution in [1.29, 1.82) is 0 Å². The molecule has 0 spiro atoms. The summed E-state index contributed by atoms with van der Waals surface area (Å²) in [5.74, 6) is -2.07. The number of nitrogens with one attached hydrogen (secondary N) is 3. The molecule has 0 aliphatic carbocycles. The minimum absolute atomic E-state index is 0.0388. The summed E-state index contributed by atoms with van der Waals surface area (Å²) in [5.41, 5.74) is 0. The van der Waals surface area contributed by atoms with Gasteiger partial charge in [-0.1, -0.05) is 0 Å². The van der Waals surface area contributed by atoms with Gasteiger partial charge in [0.05, 0.1) is 47.6 Å². The van der Waals surface area contributed by atoms with Crippen molar-refractivity contribution < 1.29 is 103 Å². The van der Waals surface area contributed by atoms with Crippen LogP contribution in [0.4, 0.5) is 0 Å². The maximum absolute atomic E-state index is 12.5. The molecule has 57 heavy (non-hydrogen) atoms. The van der Waals surface area contributed by atoms with Crippen molar-refractivity contribution in [3.8, 4) is 0 Å². The molecule has 3 amide bonds. The molecule has 20 unspecified atom stereocenters. The highest BCUT2D eigenvalue weighted by Gasteiger charge is 2.57. The second kappa shape index (κ2) is 19.8. The highest BCUT2D eigenvalue weighted by molar-refractivity contribution is 5.74. The Morgan fingerprint density at radius 1 is 0.491 bits per heavy atom. The van der Waals surface area contributed by atoms with Crippen LogP contribution in [0.2, 0.25) is 0 Å². The fourth-order valence-corrected chi connectivity index (χ4v) is 7.59. The number of carbonyl (C=O) groups excluding carboxylic acids is 3. The van der Waals surface area contributed by atoms with E-state index in [0.717, 1.165) is 20.8 Å². The molecule has 330 valence electrons. The zero-order valence-electron chi connectivity index (χ0n) is 32.4. The van der Waals surface area contributed by atoms with Gasteiger partial charge >= 0.3 is 0 Å². The number of aliphatic hydroxyl groups excluding tert-OH is 10. The van der Waals surface area contributed by atoms with E-state index in [1.165, 1.54) is 0 Å². The number of amides is 3. The molecule has 0 aromatic carbocycles. The molecule has 4 aliphatic heterocycles. The van der Waals surface area contributed by atoms with Crippen LogP contribution in [0.1, 0.15) is 20.8 Å². The summed E-state index contributed by atoms with van der Waals surface area (Å²) >= 11 is 0. The Balaban J connectivity index is 1.62. The number of ether oxygens (including phenoxy) is 7. The normalized spacial score (nSPS) is 44.2. The Morgan fingerprint density at radius 2 is 0.825 bits per heavy atom. The zero-order chi connectivity index (χ0) is 42.7. The van der Waals surface area contributed by atoms with Crippen LogP contribution in [-0.2, 0) is 47.5 Å². The van der Waals surface area contributed by atoms with Crippen LogP contribution < -0.4 is 16.0 Å². The summed E-state index contributed by atoms with van der Waals surface area (Å²) in [6.45, 7) is 0.0746. The van der Waals surface area contributed by atoms with Gasteiger partial charge in [-0.15, -0.1) is 0 Å². The summed E-state index contributed by atoms with van der Waals surface area (Å²) in [7, 11) is 5.01. The van der Waals surface area contributed by atoms with Gasteiger partial charge in [0.2, 0.25) is 24.0 Å². The number of likely N-dealkylation sites (N-methyl/N-ethyl adjacent to an activating group) is 1. The van der Waals surface area contributed by atoms with Crippen LogP contribution in [0.5, 0.6) is 0 Å². The van der Waals surface area contributed by atoms with E-state index in [9.17, 15) is 65.4 Å². The average Bonchev–Trinajstić information content (AvgIpc) is 3.12. The number of hydrogen-bond acceptors (Lipinski definition) is 20. The van der Waals surface area contributed by atoms with Crippen LogP contribution in [0, 0.1) is 0 Å². The molecule has 24 heteroatoms. The highest BCUT2D eigenvalue weighted by atomic mass is 16.8. The van der Waals surface area contributed by atoms with Gasteiger partial charge in [-0.25, -0.2) is 0 Å². The highest BCUT2D eigenvalue weighted by Crippen LogP contribution is 2.35. The summed E-state index contributed by atoms with van der Waals surface area (Å²) in [6.07, 6.45) is -25.5. The molecule has 13 N–H and O–H groups in total. The van der Waals surface area contributed by atoms with E-state index < -0.39 is 167 Å². The zero-order valence-corrected chi connectivity index (χ0v) is 32.4. The lowest BCUT2D eigenvalue weighted by Crippen LogP contribution is -2.72. The van der Waals surface area contributed by atoms with Crippen LogP contribution in [-0.4, -0.2) is 243 Å². The lowest BCUT2D eigenvalue weighted by molar-refractivity contribution is -0.910. The molecule has 0 aromatic heterocycles. The Hall–Kier alpha value is -2.31. The third kappa shape index (κ3) is 10.7. The smallest absolute Gasteiger partial charge is 0.217 e. The third-order valence-electron chi connectivity index (χ3n) is 10.3. The van der Waals surface area contributed by atoms with Crippen molar-refractivity contribution >= 4 is 17.7 Å². The van der Waals surface area contributed by atoms with Gasteiger partial charge in [-0.2, -0.15) is 0 Å². The molecule has 0 saturated carbocycles. The average molecular weight is 832 g/mol. The molecule has 20 atom stereocenters. The maximum Gasteiger partial charge on any atom is 0.217 e. The lowest BCUT2D eigenvalue weighted by Gasteiger charge is -2.51. The molecule has 0 bridgehead atoms. The van der Waals surface area contributed by atoms with Crippen molar-refractivity contribution in [2.45, 2.75) is 143 Å². The van der Waals surface area contributed by atoms with Gasteiger partial charge in [0, 0.05) is 20.8 Å². The monoisotopic (exact) mass is 831 g/mol. The van der Waals surface area contributed by atoms with Gasteiger partial charge < -0.3 is 105 Å². The molecule has 24 nitrogen and oxygen atoms in total. The number of quaternary nitrogens is 1. The molecule has 4 aliphatic rings. The second-order valence-corrected chi connectivity index (χ2v) is 15.5. The van der Waals surface area contributed by atoms with E-state index in [1.807, 2.05) is 0 Å². The minimum Gasteiger partial charge on any atom is -0.394 e. The Kier molecular flexibility index (Phi) is 16.5. The first kappa shape index (κ1) is 47.4. The van der Waals surface area contributed by atoms with Gasteiger partial charge in [-0.05, 0) is 0 Å². The summed E-state index contributed by atoms with van der Waals surface area (Å²) in [6, 6.07) is -5.57. The SMILES string of the molecule is CC(=O)NC1C(O)OC(CO)C(OC2OC(CO)C(OC3OC(CO)C(OC4OC(CO)C(O)C(O)C4[N+](C)(C)C)C(O)C3NC(C)=O)C(O)C2NC(C)=O)C1O. The minimum atomic E-state index is -1.86. The molecule has 4 fully saturated rings. The number of hydrogen-bond donors (Lipinski definition) is 13. The van der Waals surface area contributed by atoms with E-state index in [2.05, 4.69) is 16.0 Å². The lowest BCUT2D eigenvalue weighted by atomic mass is 9.92. The van der Waals surface area contributed by atoms with Gasteiger partial charge in [-0.3, -0.25) is 14.4 Å². The van der Waals surface area contributed by atoms with Crippen LogP contribution >= 0.6 is 0 Å². The number of aliphatic hydroxyl groups is 10. The molecular formula is C33H59N4O20+. The number of carbonyl (C=O) groups is 3. The van der Waals surface area contributed by atoms with E-state index in [-0.39, 0.29) is 4.48 Å². The first-order valence-electron chi connectivity index (χ1n) is 18.4. The Morgan fingerprint density at radius 3 is 1.19 bits per heavy atom. The predicted molar refractivity (Wildman–Crippen MR) is 184 cm³/mol. The van der Waals surface area contributed by atoms with Crippen molar-refractivity contribution in [1.82, 2.24) is 16.0 Å². The van der Waals surface area contributed by atoms with Crippen LogP contribution in [0.15, 0.2) is 0 Å². The standard InChI is InChI=1S/C33H58N4O20/c1-11(42)34-18-23(46)27(15(8-39)51-30(18)50)55-31-19(35-12(2)43)24(47)28(16(9-40)53-31)56-32-20(36-13(3)44)25(48)29(17(10-41)54-32)57-33-21(37(4,5)6)26(49)22(45)14(7-38)52-33/h14-33,38-41,45-50H,7-10H2,1-6H3,(H2-,34,35,36,42,43,44)/p+1. The van der Waals surface area contributed by atoms with E-state index in [1.54, 1.807) is 21.1 Å². The van der Waals surface area contributed by atoms with Gasteiger partial charge in [0.15, 0.2) is 24.9 Å². The Bertz CT molecular complexity index is 1350. The molecule has 4 saturated heterocycles. The fourth-order valence-electron chi connectivity index (χ4n) is 7.59. The van der Waals surface area contributed by atoms with E-state index in [4.69, 9.17) is 33.2 Å². The fraction of sp³-hybridized carbons (Fsp3) is 0.909. The van der Waals surface area contributed by atoms with Crippen molar-refractivity contribution in [2.75, 3.05) is 47.6 Å². The van der Waals surface area contributed by atoms with Gasteiger partial charge in [0.1, 0.15) is 91.4 Å². The number of rotatable bonds is 14. The first-order valence-corrected chi connectivity index (χ1v) is 18.4. The summed E-state index contributed by atoms with van der Waals surface area (Å²) in [5, 5.41) is 114. The first-order chi connectivity index (χ1) is 26.7. The second-order valence-electron chi connectivity index (χ2n) is 15.5. The summed E-state index contributed by atoms with van der Waals surface area (Å²) in [4.78, 5) is 36.6. The van der Waals surface area contributed by atoms with E-state index in [0.29, 0.717) is 0 Å². The largest absolute Gasteiger partial charge is 0.394 e. The maximum atomic E-state index is 12.5. The topological polar surface area (TPSA) is 354 Å². The Labute approximate surface area is 327 Å². The van der Waals surface area contributed by atoms with Gasteiger partial charge in [0.25, 0.3) is 0 Å². The van der Waals surface area contributed by atoms with E-state index >= 15 is 0 Å². The predicted octanol–water partition coefficient (Wildman–Crippen LogP) is -8.60. The quantitative estimate of drug-likeness (QED) is 0.0723.